The van der Waals surface area contributed by atoms with Crippen molar-refractivity contribution in [2.75, 3.05) is 12.3 Å². The molecule has 0 atom stereocenters. The molecule has 80 valence electrons. The number of aromatic nitrogens is 1. The zero-order valence-electron chi connectivity index (χ0n) is 9.11. The summed E-state index contributed by atoms with van der Waals surface area (Å²) in [6.07, 6.45) is 7.67. The molecule has 0 unspecified atom stereocenters. The molecular formula is C12H17N3. The number of anilines is 1. The molecule has 1 aromatic rings. The van der Waals surface area contributed by atoms with E-state index >= 15 is 0 Å². The second kappa shape index (κ2) is 4.43. The van der Waals surface area contributed by atoms with Gasteiger partial charge in [-0.3, -0.25) is 4.99 Å². The fourth-order valence-electron chi connectivity index (χ4n) is 1.68. The van der Waals surface area contributed by atoms with Gasteiger partial charge in [0.05, 0.1) is 0 Å². The number of rotatable bonds is 3. The van der Waals surface area contributed by atoms with Crippen molar-refractivity contribution in [2.45, 2.75) is 26.2 Å². The van der Waals surface area contributed by atoms with Crippen LogP contribution in [0.5, 0.6) is 0 Å². The van der Waals surface area contributed by atoms with Crippen LogP contribution >= 0.6 is 0 Å². The van der Waals surface area contributed by atoms with Crippen molar-refractivity contribution in [3.63, 3.8) is 0 Å². The zero-order valence-corrected chi connectivity index (χ0v) is 9.11. The molecule has 1 fully saturated rings. The Hall–Kier alpha value is -1.38. The minimum absolute atomic E-state index is 0.568. The van der Waals surface area contributed by atoms with Crippen LogP contribution in [0.15, 0.2) is 17.3 Å². The molecule has 15 heavy (non-hydrogen) atoms. The van der Waals surface area contributed by atoms with Gasteiger partial charge in [0.1, 0.15) is 5.82 Å². The summed E-state index contributed by atoms with van der Waals surface area (Å²) in [6.45, 7) is 2.95. The maximum atomic E-state index is 5.75. The Balaban J connectivity index is 1.99. The number of nitrogens with two attached hydrogens (primary N) is 1. The van der Waals surface area contributed by atoms with Gasteiger partial charge in [-0.25, -0.2) is 4.98 Å². The number of hydrogen-bond donors (Lipinski definition) is 1. The zero-order chi connectivity index (χ0) is 10.7. The molecule has 0 saturated heterocycles. The number of pyridine rings is 1. The molecule has 0 aromatic carbocycles. The molecule has 0 radical (unpaired) electrons. The fourth-order valence-corrected chi connectivity index (χ4v) is 1.68. The Morgan fingerprint density at radius 2 is 2.40 bits per heavy atom. The van der Waals surface area contributed by atoms with Crippen molar-refractivity contribution in [3.8, 4) is 0 Å². The number of nitrogen functional groups attached to an aromatic ring is 1. The number of hydrogen-bond acceptors (Lipinski definition) is 3. The fraction of sp³-hybridized carbons (Fsp3) is 0.500. The molecule has 2 N–H and O–H groups in total. The summed E-state index contributed by atoms with van der Waals surface area (Å²) in [5.41, 5.74) is 7.81. The lowest BCUT2D eigenvalue weighted by molar-refractivity contribution is 0.326. The minimum atomic E-state index is 0.568. The SMILES string of the molecule is Cc1cnc(N)c(C=NCC2CCC2)c1. The van der Waals surface area contributed by atoms with Crippen LogP contribution in [0.1, 0.15) is 30.4 Å². The first-order valence-electron chi connectivity index (χ1n) is 5.47. The second-order valence-corrected chi connectivity index (χ2v) is 4.28. The Labute approximate surface area is 90.4 Å². The maximum Gasteiger partial charge on any atom is 0.132 e. The number of aryl methyl sites for hydroxylation is 1. The molecule has 0 spiro atoms. The molecule has 1 aromatic heterocycles. The largest absolute Gasteiger partial charge is 0.383 e. The van der Waals surface area contributed by atoms with Gasteiger partial charge in [0.2, 0.25) is 0 Å². The van der Waals surface area contributed by atoms with Gasteiger partial charge in [-0.15, -0.1) is 0 Å². The highest BCUT2D eigenvalue weighted by molar-refractivity contribution is 5.85. The molecular weight excluding hydrogens is 186 g/mol. The topological polar surface area (TPSA) is 51.3 Å². The smallest absolute Gasteiger partial charge is 0.132 e. The van der Waals surface area contributed by atoms with E-state index in [0.29, 0.717) is 5.82 Å². The average Bonchev–Trinajstić information content (AvgIpc) is 2.15. The summed E-state index contributed by atoms with van der Waals surface area (Å²) in [6, 6.07) is 2.02. The van der Waals surface area contributed by atoms with Gasteiger partial charge in [0.15, 0.2) is 0 Å². The lowest BCUT2D eigenvalue weighted by Crippen LogP contribution is -2.14. The summed E-state index contributed by atoms with van der Waals surface area (Å²) in [4.78, 5) is 8.52. The lowest BCUT2D eigenvalue weighted by atomic mass is 9.86. The van der Waals surface area contributed by atoms with E-state index in [1.807, 2.05) is 19.2 Å². The van der Waals surface area contributed by atoms with E-state index in [4.69, 9.17) is 5.73 Å². The normalized spacial score (nSPS) is 16.9. The predicted molar refractivity (Wildman–Crippen MR) is 63.2 cm³/mol. The van der Waals surface area contributed by atoms with Crippen molar-refractivity contribution in [1.29, 1.82) is 0 Å². The summed E-state index contributed by atoms with van der Waals surface area (Å²) in [7, 11) is 0. The lowest BCUT2D eigenvalue weighted by Gasteiger charge is -2.22. The van der Waals surface area contributed by atoms with E-state index in [2.05, 4.69) is 9.98 Å². The van der Waals surface area contributed by atoms with Crippen molar-refractivity contribution < 1.29 is 0 Å². The van der Waals surface area contributed by atoms with E-state index < -0.39 is 0 Å². The molecule has 0 bridgehead atoms. The quantitative estimate of drug-likeness (QED) is 0.765. The van der Waals surface area contributed by atoms with Crippen LogP contribution in [0, 0.1) is 12.8 Å². The third-order valence-electron chi connectivity index (χ3n) is 2.90. The van der Waals surface area contributed by atoms with Crippen LogP contribution in [0.25, 0.3) is 0 Å². The molecule has 1 heterocycles. The number of aliphatic imine (C=N–C) groups is 1. The number of nitrogens with zero attached hydrogens (tertiary/aromatic N) is 2. The van der Waals surface area contributed by atoms with Gasteiger partial charge >= 0.3 is 0 Å². The third-order valence-corrected chi connectivity index (χ3v) is 2.90. The first kappa shape index (κ1) is 10.1. The van der Waals surface area contributed by atoms with Crippen LogP contribution in [0.3, 0.4) is 0 Å². The van der Waals surface area contributed by atoms with E-state index in [0.717, 1.165) is 23.6 Å². The Bertz CT molecular complexity index is 367. The third kappa shape index (κ3) is 2.55. The van der Waals surface area contributed by atoms with Crippen LogP contribution < -0.4 is 5.73 Å². The molecule has 1 saturated carbocycles. The average molecular weight is 203 g/mol. The monoisotopic (exact) mass is 203 g/mol. The van der Waals surface area contributed by atoms with Gasteiger partial charge in [0.25, 0.3) is 0 Å². The van der Waals surface area contributed by atoms with Crippen LogP contribution in [0.4, 0.5) is 5.82 Å². The van der Waals surface area contributed by atoms with E-state index in [1.165, 1.54) is 19.3 Å². The predicted octanol–water partition coefficient (Wildman–Crippen LogP) is 2.19. The van der Waals surface area contributed by atoms with Crippen molar-refractivity contribution in [1.82, 2.24) is 4.98 Å². The first-order chi connectivity index (χ1) is 7.25. The van der Waals surface area contributed by atoms with Crippen molar-refractivity contribution in [2.24, 2.45) is 10.9 Å². The van der Waals surface area contributed by atoms with Gasteiger partial charge in [-0.05, 0) is 37.3 Å². The Kier molecular flexibility index (Phi) is 2.99. The van der Waals surface area contributed by atoms with Gasteiger partial charge in [0, 0.05) is 24.5 Å². The minimum Gasteiger partial charge on any atom is -0.383 e. The van der Waals surface area contributed by atoms with Gasteiger partial charge in [-0.2, -0.15) is 0 Å². The van der Waals surface area contributed by atoms with Crippen LogP contribution in [-0.2, 0) is 0 Å². The molecule has 1 aliphatic carbocycles. The van der Waals surface area contributed by atoms with Crippen LogP contribution in [0.2, 0.25) is 0 Å². The van der Waals surface area contributed by atoms with Gasteiger partial charge in [-0.1, -0.05) is 6.42 Å². The van der Waals surface area contributed by atoms with E-state index in [-0.39, 0.29) is 0 Å². The van der Waals surface area contributed by atoms with Crippen LogP contribution in [-0.4, -0.2) is 17.7 Å². The van der Waals surface area contributed by atoms with Gasteiger partial charge < -0.3 is 5.73 Å². The molecule has 0 amide bonds. The van der Waals surface area contributed by atoms with Crippen molar-refractivity contribution >= 4 is 12.0 Å². The Morgan fingerprint density at radius 1 is 1.60 bits per heavy atom. The molecule has 2 rings (SSSR count). The molecule has 3 heteroatoms. The summed E-state index contributed by atoms with van der Waals surface area (Å²) >= 11 is 0. The highest BCUT2D eigenvalue weighted by Gasteiger charge is 2.15. The van der Waals surface area contributed by atoms with E-state index in [9.17, 15) is 0 Å². The highest BCUT2D eigenvalue weighted by atomic mass is 14.8. The highest BCUT2D eigenvalue weighted by Crippen LogP contribution is 2.26. The summed E-state index contributed by atoms with van der Waals surface area (Å²) in [5, 5.41) is 0. The molecule has 3 nitrogen and oxygen atoms in total. The second-order valence-electron chi connectivity index (χ2n) is 4.28. The Morgan fingerprint density at radius 3 is 3.07 bits per heavy atom. The first-order valence-corrected chi connectivity index (χ1v) is 5.47. The van der Waals surface area contributed by atoms with E-state index in [1.54, 1.807) is 6.20 Å². The molecule has 0 aliphatic heterocycles. The van der Waals surface area contributed by atoms with Crippen molar-refractivity contribution in [3.05, 3.63) is 23.4 Å². The summed E-state index contributed by atoms with van der Waals surface area (Å²) in [5.74, 6) is 1.37. The maximum absolute atomic E-state index is 5.75. The molecule has 1 aliphatic rings. The summed E-state index contributed by atoms with van der Waals surface area (Å²) < 4.78 is 0. The standard InChI is InChI=1S/C12H17N3/c1-9-5-11(12(13)15-6-9)8-14-7-10-3-2-4-10/h5-6,8,10H,2-4,7H2,1H3,(H2,13,15).